The third-order valence-electron chi connectivity index (χ3n) is 4.15. The van der Waals surface area contributed by atoms with E-state index in [0.717, 1.165) is 29.4 Å². The van der Waals surface area contributed by atoms with E-state index >= 15 is 0 Å². The van der Waals surface area contributed by atoms with Crippen LogP contribution in [-0.4, -0.2) is 59.9 Å². The quantitative estimate of drug-likeness (QED) is 0.793. The first-order chi connectivity index (χ1) is 11.2. The Morgan fingerprint density at radius 3 is 2.44 bits per heavy atom. The lowest BCUT2D eigenvalue weighted by atomic mass is 9.98. The number of hydrogen-bond donors (Lipinski definition) is 2. The van der Waals surface area contributed by atoms with E-state index in [1.165, 1.54) is 20.2 Å². The molecule has 1 heterocycles. The molecule has 1 unspecified atom stereocenters. The molecule has 25 heavy (non-hydrogen) atoms. The lowest BCUT2D eigenvalue weighted by Gasteiger charge is -2.24. The molecule has 7 nitrogen and oxygen atoms in total. The highest BCUT2D eigenvalue weighted by Gasteiger charge is 2.24. The first-order valence-electron chi connectivity index (χ1n) is 7.99. The Hall–Kier alpha value is -1.35. The largest absolute Gasteiger partial charge is 0.376 e. The molecule has 0 aliphatic carbocycles. The average Bonchev–Trinajstić information content (AvgIpc) is 2.55. The van der Waals surface area contributed by atoms with Gasteiger partial charge in [0.15, 0.2) is 0 Å². The van der Waals surface area contributed by atoms with Crippen LogP contribution >= 0.6 is 12.4 Å². The Morgan fingerprint density at radius 2 is 1.92 bits per heavy atom. The summed E-state index contributed by atoms with van der Waals surface area (Å²) < 4.78 is 25.8. The first kappa shape index (κ1) is 21.7. The van der Waals surface area contributed by atoms with Crippen molar-refractivity contribution < 1.29 is 13.2 Å². The number of nitrogens with zero attached hydrogens (tertiary/aromatic N) is 2. The van der Waals surface area contributed by atoms with E-state index in [1.54, 1.807) is 12.1 Å². The summed E-state index contributed by atoms with van der Waals surface area (Å²) in [5.74, 6) is -0.174. The molecule has 0 bridgehead atoms. The zero-order chi connectivity index (χ0) is 17.9. The number of hydrogen-bond acceptors (Lipinski definition) is 5. The lowest BCUT2D eigenvalue weighted by Crippen LogP contribution is -2.37. The van der Waals surface area contributed by atoms with Crippen molar-refractivity contribution in [1.82, 2.24) is 9.62 Å². The molecule has 1 saturated heterocycles. The van der Waals surface area contributed by atoms with Gasteiger partial charge in [0, 0.05) is 34.7 Å². The Labute approximate surface area is 156 Å². The van der Waals surface area contributed by atoms with Crippen LogP contribution in [0.5, 0.6) is 0 Å². The Morgan fingerprint density at radius 1 is 1.24 bits per heavy atom. The van der Waals surface area contributed by atoms with E-state index in [4.69, 9.17) is 0 Å². The Balaban J connectivity index is 0.00000312. The molecule has 1 aliphatic rings. The Bertz CT molecular complexity index is 701. The van der Waals surface area contributed by atoms with E-state index < -0.39 is 10.0 Å². The van der Waals surface area contributed by atoms with E-state index in [9.17, 15) is 13.2 Å². The van der Waals surface area contributed by atoms with Gasteiger partial charge >= 0.3 is 0 Å². The number of carbonyl (C=O) groups is 1. The normalized spacial score (nSPS) is 17.7. The molecule has 2 rings (SSSR count). The van der Waals surface area contributed by atoms with Crippen molar-refractivity contribution in [1.29, 1.82) is 0 Å². The minimum absolute atomic E-state index is 0. The predicted octanol–water partition coefficient (Wildman–Crippen LogP) is 1.36. The standard InChI is InChI=1S/C16H26N4O3S.ClH/c1-19(2)15-8-7-13(24(22,23)20(3)4)10-14(15)18-16(21)12-6-5-9-17-11-12;/h7-8,10,12,17H,5-6,9,11H2,1-4H3,(H,18,21);1H. The fourth-order valence-electron chi connectivity index (χ4n) is 2.69. The zero-order valence-corrected chi connectivity index (χ0v) is 16.7. The van der Waals surface area contributed by atoms with Gasteiger partial charge in [0.1, 0.15) is 0 Å². The third kappa shape index (κ3) is 5.07. The van der Waals surface area contributed by atoms with Crippen LogP contribution in [0.25, 0.3) is 0 Å². The van der Waals surface area contributed by atoms with E-state index in [-0.39, 0.29) is 29.1 Å². The van der Waals surface area contributed by atoms with Crippen LogP contribution in [0.2, 0.25) is 0 Å². The summed E-state index contributed by atoms with van der Waals surface area (Å²) in [7, 11) is 3.13. The van der Waals surface area contributed by atoms with Crippen LogP contribution in [0.3, 0.4) is 0 Å². The fraction of sp³-hybridized carbons (Fsp3) is 0.562. The molecule has 0 spiro atoms. The van der Waals surface area contributed by atoms with E-state index in [2.05, 4.69) is 10.6 Å². The third-order valence-corrected chi connectivity index (χ3v) is 5.97. The molecule has 0 saturated carbocycles. The van der Waals surface area contributed by atoms with Crippen LogP contribution in [0.1, 0.15) is 12.8 Å². The number of piperidine rings is 1. The molecule has 9 heteroatoms. The number of rotatable bonds is 5. The second-order valence-corrected chi connectivity index (χ2v) is 8.55. The van der Waals surface area contributed by atoms with Crippen LogP contribution in [0.4, 0.5) is 11.4 Å². The molecule has 1 atom stereocenters. The molecule has 1 fully saturated rings. The monoisotopic (exact) mass is 390 g/mol. The van der Waals surface area contributed by atoms with Gasteiger partial charge in [-0.1, -0.05) is 0 Å². The van der Waals surface area contributed by atoms with Crippen molar-refractivity contribution in [2.75, 3.05) is 51.5 Å². The number of halogens is 1. The maximum absolute atomic E-state index is 12.5. The topological polar surface area (TPSA) is 81.8 Å². The number of anilines is 2. The summed E-state index contributed by atoms with van der Waals surface area (Å²) in [6.07, 6.45) is 1.81. The summed E-state index contributed by atoms with van der Waals surface area (Å²) in [4.78, 5) is 14.5. The van der Waals surface area contributed by atoms with Crippen LogP contribution in [-0.2, 0) is 14.8 Å². The van der Waals surface area contributed by atoms with Crippen molar-refractivity contribution in [3.63, 3.8) is 0 Å². The minimum Gasteiger partial charge on any atom is -0.376 e. The molecule has 1 aromatic rings. The summed E-state index contributed by atoms with van der Waals surface area (Å²) >= 11 is 0. The number of nitrogens with one attached hydrogen (secondary N) is 2. The molecule has 1 aliphatic heterocycles. The van der Waals surface area contributed by atoms with Crippen LogP contribution < -0.4 is 15.5 Å². The summed E-state index contributed by atoms with van der Waals surface area (Å²) in [6, 6.07) is 4.80. The molecule has 142 valence electrons. The van der Waals surface area contributed by atoms with Crippen LogP contribution in [0.15, 0.2) is 23.1 Å². The fourth-order valence-corrected chi connectivity index (χ4v) is 3.62. The molecule has 0 aromatic heterocycles. The Kier molecular flexibility index (Phi) is 7.67. The van der Waals surface area contributed by atoms with Gasteiger partial charge in [-0.3, -0.25) is 4.79 Å². The summed E-state index contributed by atoms with van der Waals surface area (Å²) in [6.45, 7) is 1.59. The number of sulfonamides is 1. The lowest BCUT2D eigenvalue weighted by molar-refractivity contribution is -0.120. The molecule has 1 amide bonds. The van der Waals surface area contributed by atoms with Crippen molar-refractivity contribution in [3.8, 4) is 0 Å². The van der Waals surface area contributed by atoms with Gasteiger partial charge in [-0.2, -0.15) is 0 Å². The van der Waals surface area contributed by atoms with Gasteiger partial charge in [-0.05, 0) is 37.6 Å². The summed E-state index contributed by atoms with van der Waals surface area (Å²) in [5.41, 5.74) is 1.28. The number of carbonyl (C=O) groups excluding carboxylic acids is 1. The maximum atomic E-state index is 12.5. The maximum Gasteiger partial charge on any atom is 0.242 e. The van der Waals surface area contributed by atoms with E-state index in [1.807, 2.05) is 19.0 Å². The highest BCUT2D eigenvalue weighted by molar-refractivity contribution is 7.89. The van der Waals surface area contributed by atoms with E-state index in [0.29, 0.717) is 12.2 Å². The number of amides is 1. The highest BCUT2D eigenvalue weighted by Crippen LogP contribution is 2.29. The second kappa shape index (κ2) is 8.84. The summed E-state index contributed by atoms with van der Waals surface area (Å²) in [5, 5.41) is 6.13. The molecular formula is C16H27ClN4O3S. The van der Waals surface area contributed by atoms with Crippen molar-refractivity contribution >= 4 is 39.7 Å². The molecular weight excluding hydrogens is 364 g/mol. The van der Waals surface area contributed by atoms with Gasteiger partial charge in [0.25, 0.3) is 0 Å². The highest BCUT2D eigenvalue weighted by atomic mass is 35.5. The van der Waals surface area contributed by atoms with Gasteiger partial charge in [0.2, 0.25) is 15.9 Å². The van der Waals surface area contributed by atoms with Crippen molar-refractivity contribution in [3.05, 3.63) is 18.2 Å². The number of benzene rings is 1. The zero-order valence-electron chi connectivity index (χ0n) is 15.1. The van der Waals surface area contributed by atoms with Gasteiger partial charge in [-0.25, -0.2) is 12.7 Å². The predicted molar refractivity (Wildman–Crippen MR) is 103 cm³/mol. The van der Waals surface area contributed by atoms with Gasteiger partial charge in [-0.15, -0.1) is 12.4 Å². The first-order valence-corrected chi connectivity index (χ1v) is 9.43. The molecule has 0 radical (unpaired) electrons. The average molecular weight is 391 g/mol. The minimum atomic E-state index is -3.55. The molecule has 1 aromatic carbocycles. The smallest absolute Gasteiger partial charge is 0.242 e. The van der Waals surface area contributed by atoms with Crippen molar-refractivity contribution in [2.24, 2.45) is 5.92 Å². The van der Waals surface area contributed by atoms with Gasteiger partial charge < -0.3 is 15.5 Å². The van der Waals surface area contributed by atoms with Crippen LogP contribution in [0, 0.1) is 5.92 Å². The second-order valence-electron chi connectivity index (χ2n) is 6.39. The van der Waals surface area contributed by atoms with Crippen molar-refractivity contribution in [2.45, 2.75) is 17.7 Å². The molecule has 2 N–H and O–H groups in total. The van der Waals surface area contributed by atoms with Gasteiger partial charge in [0.05, 0.1) is 22.2 Å². The SMILES string of the molecule is CN(C)c1ccc(S(=O)(=O)N(C)C)cc1NC(=O)C1CCCNC1.Cl.